The number of anilines is 1. The Morgan fingerprint density at radius 3 is 2.71 bits per heavy atom. The highest BCUT2D eigenvalue weighted by atomic mass is 31.2. The number of methoxy groups -OCH3 is 1. The van der Waals surface area contributed by atoms with Gasteiger partial charge in [0.1, 0.15) is 35.7 Å². The molecule has 1 fully saturated rings. The van der Waals surface area contributed by atoms with Crippen LogP contribution in [0.3, 0.4) is 0 Å². The number of nitrogens with zero attached hydrogens (tertiary/aromatic N) is 3. The van der Waals surface area contributed by atoms with E-state index in [-0.39, 0.29) is 11.4 Å². The molecular formula is C24H28N5O8P. The van der Waals surface area contributed by atoms with E-state index in [0.29, 0.717) is 11.2 Å². The van der Waals surface area contributed by atoms with Crippen LogP contribution in [0, 0.1) is 11.3 Å². The van der Waals surface area contributed by atoms with Crippen molar-refractivity contribution in [2.24, 2.45) is 0 Å². The van der Waals surface area contributed by atoms with Crippen molar-refractivity contribution in [1.29, 1.82) is 5.26 Å². The number of aromatic nitrogens is 2. The van der Waals surface area contributed by atoms with E-state index in [4.69, 9.17) is 19.5 Å². The Labute approximate surface area is 218 Å². The van der Waals surface area contributed by atoms with Crippen molar-refractivity contribution in [3.8, 4) is 11.8 Å². The summed E-state index contributed by atoms with van der Waals surface area (Å²) in [4.78, 5) is 12.0. The van der Waals surface area contributed by atoms with Crippen molar-refractivity contribution in [2.75, 3.05) is 19.5 Å². The van der Waals surface area contributed by atoms with Crippen molar-refractivity contribution in [3.63, 3.8) is 0 Å². The topological polar surface area (TPSA) is 191 Å². The first-order valence-electron chi connectivity index (χ1n) is 11.5. The Bertz CT molecular complexity index is 1410. The lowest BCUT2D eigenvalue weighted by Gasteiger charge is -2.33. The summed E-state index contributed by atoms with van der Waals surface area (Å²) in [6.45, 7) is 2.05. The number of fused-ring (bicyclic) bond motifs is 1. The van der Waals surface area contributed by atoms with Crippen LogP contribution in [0.25, 0.3) is 5.52 Å². The summed E-state index contributed by atoms with van der Waals surface area (Å²) in [6.07, 6.45) is -1.60. The number of aliphatic hydroxyl groups is 2. The van der Waals surface area contributed by atoms with Gasteiger partial charge in [-0.1, -0.05) is 18.2 Å². The summed E-state index contributed by atoms with van der Waals surface area (Å²) in [5.74, 6) is -0.545. The second-order valence-corrected chi connectivity index (χ2v) is 10.6. The normalized spacial score (nSPS) is 27.4. The molecule has 0 aliphatic carbocycles. The number of hydrogen-bond acceptors (Lipinski definition) is 11. The predicted molar refractivity (Wildman–Crippen MR) is 134 cm³/mol. The van der Waals surface area contributed by atoms with E-state index in [9.17, 15) is 24.8 Å². The minimum Gasteiger partial charge on any atom is -0.468 e. The van der Waals surface area contributed by atoms with Gasteiger partial charge in [-0.25, -0.2) is 9.08 Å². The molecule has 1 aliphatic heterocycles. The molecule has 1 aliphatic rings. The number of ether oxygens (including phenoxy) is 2. The first-order chi connectivity index (χ1) is 18.0. The molecule has 5 N–H and O–H groups in total. The molecule has 0 amide bonds. The molecular weight excluding hydrogens is 517 g/mol. The lowest BCUT2D eigenvalue weighted by molar-refractivity contribution is -0.142. The molecule has 202 valence electrons. The number of benzene rings is 1. The number of nitrogen functional groups attached to an aromatic ring is 1. The largest absolute Gasteiger partial charge is 0.468 e. The lowest BCUT2D eigenvalue weighted by Crippen LogP contribution is -2.52. The number of nitrogens with two attached hydrogens (primary N) is 1. The van der Waals surface area contributed by atoms with Crippen LogP contribution >= 0.6 is 7.75 Å². The zero-order valence-electron chi connectivity index (χ0n) is 20.8. The number of hydrogen-bond donors (Lipinski definition) is 4. The SMILES string of the molecule is COC(=O)[C@H](C)NP(=O)(OC[C@H]1O[C@@](C#N)(c2ccc3c(N)ccnn23)[C@](C)(O)[C@@H]1O)Oc1ccccc1. The summed E-state index contributed by atoms with van der Waals surface area (Å²) < 4.78 is 36.8. The number of rotatable bonds is 9. The van der Waals surface area contributed by atoms with E-state index in [1.54, 1.807) is 30.3 Å². The fourth-order valence-electron chi connectivity index (χ4n) is 4.27. The molecule has 6 atom stereocenters. The molecule has 2 aromatic heterocycles. The number of esters is 1. The first kappa shape index (κ1) is 27.5. The summed E-state index contributed by atoms with van der Waals surface area (Å²) in [5, 5.41) is 39.3. The molecule has 14 heteroatoms. The molecule has 1 unspecified atom stereocenters. The number of nitriles is 1. The summed E-state index contributed by atoms with van der Waals surface area (Å²) in [6, 6.07) is 13.6. The van der Waals surface area contributed by atoms with Gasteiger partial charge in [0.25, 0.3) is 0 Å². The first-order valence-corrected chi connectivity index (χ1v) is 13.1. The standard InChI is InChI=1S/C24H28N5O8P/c1-15(22(31)34-3)28-38(33,37-16-7-5-4-6-8-16)35-13-19-21(30)23(2,32)24(14-25,36-19)20-10-9-18-17(26)11-12-27-29(18)20/h4-12,15,19,21,30,32H,13,26H2,1-3H3,(H,28,33)/t15-,19+,21+,23+,24-,38?/m0/s1. The average molecular weight is 545 g/mol. The van der Waals surface area contributed by atoms with Gasteiger partial charge in [-0.2, -0.15) is 15.4 Å². The summed E-state index contributed by atoms with van der Waals surface area (Å²) >= 11 is 0. The Morgan fingerprint density at radius 2 is 2.05 bits per heavy atom. The highest BCUT2D eigenvalue weighted by molar-refractivity contribution is 7.52. The van der Waals surface area contributed by atoms with Crippen molar-refractivity contribution in [1.82, 2.24) is 14.7 Å². The van der Waals surface area contributed by atoms with Gasteiger partial charge in [-0.05, 0) is 44.2 Å². The van der Waals surface area contributed by atoms with Crippen molar-refractivity contribution in [2.45, 2.75) is 43.3 Å². The van der Waals surface area contributed by atoms with E-state index in [1.807, 2.05) is 6.07 Å². The van der Waals surface area contributed by atoms with Crippen LogP contribution in [0.2, 0.25) is 0 Å². The van der Waals surface area contributed by atoms with Gasteiger partial charge in [0, 0.05) is 6.20 Å². The Kier molecular flexibility index (Phi) is 7.49. The maximum atomic E-state index is 13.7. The monoisotopic (exact) mass is 545 g/mol. The highest BCUT2D eigenvalue weighted by Crippen LogP contribution is 2.50. The molecule has 4 rings (SSSR count). The lowest BCUT2D eigenvalue weighted by atomic mass is 9.80. The van der Waals surface area contributed by atoms with Gasteiger partial charge in [0.15, 0.2) is 0 Å². The predicted octanol–water partition coefficient (Wildman–Crippen LogP) is 1.50. The van der Waals surface area contributed by atoms with Crippen LogP contribution in [0.4, 0.5) is 5.69 Å². The van der Waals surface area contributed by atoms with Crippen LogP contribution in [-0.2, 0) is 29.0 Å². The van der Waals surface area contributed by atoms with Gasteiger partial charge in [0.2, 0.25) is 5.60 Å². The van der Waals surface area contributed by atoms with Crippen molar-refractivity contribution in [3.05, 3.63) is 60.4 Å². The van der Waals surface area contributed by atoms with Gasteiger partial charge in [0.05, 0.1) is 30.6 Å². The van der Waals surface area contributed by atoms with E-state index in [0.717, 1.165) is 0 Å². The number of carbonyl (C=O) groups is 1. The molecule has 1 saturated heterocycles. The second-order valence-electron chi connectivity index (χ2n) is 8.92. The maximum absolute atomic E-state index is 13.7. The second kappa shape index (κ2) is 10.3. The number of nitrogens with one attached hydrogen (secondary N) is 1. The molecule has 13 nitrogen and oxygen atoms in total. The van der Waals surface area contributed by atoms with Crippen molar-refractivity contribution < 1.29 is 38.1 Å². The third-order valence-electron chi connectivity index (χ3n) is 6.36. The van der Waals surface area contributed by atoms with Crippen LogP contribution in [-0.4, -0.2) is 63.4 Å². The Balaban J connectivity index is 1.63. The molecule has 1 aromatic carbocycles. The van der Waals surface area contributed by atoms with Gasteiger partial charge < -0.3 is 29.9 Å². The number of carbonyl (C=O) groups excluding carboxylic acids is 1. The molecule has 0 saturated carbocycles. The number of para-hydroxylation sites is 1. The highest BCUT2D eigenvalue weighted by Gasteiger charge is 2.65. The van der Waals surface area contributed by atoms with Crippen molar-refractivity contribution >= 4 is 24.9 Å². The minimum absolute atomic E-state index is 0.120. The summed E-state index contributed by atoms with van der Waals surface area (Å²) in [7, 11) is -3.11. The molecule has 0 spiro atoms. The number of aliphatic hydroxyl groups excluding tert-OH is 1. The van der Waals surface area contributed by atoms with Crippen LogP contribution in [0.1, 0.15) is 19.5 Å². The quantitative estimate of drug-likeness (QED) is 0.224. The van der Waals surface area contributed by atoms with E-state index >= 15 is 0 Å². The molecule has 38 heavy (non-hydrogen) atoms. The van der Waals surface area contributed by atoms with E-state index in [2.05, 4.69) is 14.9 Å². The van der Waals surface area contributed by atoms with E-state index < -0.39 is 49.8 Å². The Morgan fingerprint density at radius 1 is 1.34 bits per heavy atom. The Hall–Kier alpha value is -3.50. The van der Waals surface area contributed by atoms with Gasteiger partial charge in [-0.15, -0.1) is 0 Å². The third kappa shape index (κ3) is 4.74. The zero-order chi connectivity index (χ0) is 27.7. The van der Waals surface area contributed by atoms with Gasteiger partial charge >= 0.3 is 13.7 Å². The minimum atomic E-state index is -4.28. The van der Waals surface area contributed by atoms with Crippen LogP contribution in [0.5, 0.6) is 5.75 Å². The van der Waals surface area contributed by atoms with E-state index in [1.165, 1.54) is 49.9 Å². The van der Waals surface area contributed by atoms with Crippen LogP contribution < -0.4 is 15.3 Å². The fourth-order valence-corrected chi connectivity index (χ4v) is 5.78. The maximum Gasteiger partial charge on any atom is 0.459 e. The average Bonchev–Trinajstić information content (AvgIpc) is 3.41. The molecule has 3 aromatic rings. The summed E-state index contributed by atoms with van der Waals surface area (Å²) in [5.41, 5.74) is 2.70. The molecule has 3 heterocycles. The molecule has 0 radical (unpaired) electrons. The fraction of sp³-hybridized carbons (Fsp3) is 0.375. The van der Waals surface area contributed by atoms with Gasteiger partial charge in [-0.3, -0.25) is 9.32 Å². The molecule has 0 bridgehead atoms. The zero-order valence-corrected chi connectivity index (χ0v) is 21.7. The van der Waals surface area contributed by atoms with Crippen LogP contribution in [0.15, 0.2) is 54.7 Å². The smallest absolute Gasteiger partial charge is 0.459 e. The third-order valence-corrected chi connectivity index (χ3v) is 8.00.